The first-order valence-electron chi connectivity index (χ1n) is 10.4. The summed E-state index contributed by atoms with van der Waals surface area (Å²) in [5.74, 6) is -2.48. The van der Waals surface area contributed by atoms with E-state index in [2.05, 4.69) is 5.10 Å². The number of fused-ring (bicyclic) bond motifs is 1. The summed E-state index contributed by atoms with van der Waals surface area (Å²) in [4.78, 5) is 28.0. The third-order valence-electron chi connectivity index (χ3n) is 5.97. The number of carbonyl (C=O) groups excluding carboxylic acids is 2. The number of pyridine rings is 1. The molecule has 3 aromatic rings. The van der Waals surface area contributed by atoms with E-state index in [9.17, 15) is 32.3 Å². The second-order valence-electron chi connectivity index (χ2n) is 8.31. The van der Waals surface area contributed by atoms with Crippen LogP contribution in [0.15, 0.2) is 30.3 Å². The van der Waals surface area contributed by atoms with E-state index < -0.39 is 41.7 Å². The quantitative estimate of drug-likeness (QED) is 0.551. The molecule has 3 heterocycles. The lowest BCUT2D eigenvalue weighted by molar-refractivity contribution is -0.142. The molecule has 0 atom stereocenters. The number of phenolic OH excluding ortho intramolecular Hbond substituents is 1. The topological polar surface area (TPSA) is 78.2 Å². The smallest absolute Gasteiger partial charge is 0.433 e. The molecule has 0 unspecified atom stereocenters. The largest absolute Gasteiger partial charge is 0.508 e. The van der Waals surface area contributed by atoms with Crippen molar-refractivity contribution in [3.8, 4) is 5.75 Å². The number of amides is 2. The SMILES string of the molecule is O=C(c1nn2c(C(F)(F)F)cc(C3CC3)cc2c1Cl)N1CCN(c2ccc(O)cc2F)C(=O)C1. The lowest BCUT2D eigenvalue weighted by Crippen LogP contribution is -2.52. The van der Waals surface area contributed by atoms with Crippen LogP contribution in [0, 0.1) is 5.82 Å². The van der Waals surface area contributed by atoms with E-state index >= 15 is 0 Å². The van der Waals surface area contributed by atoms with Crippen molar-refractivity contribution in [2.75, 3.05) is 24.5 Å². The molecule has 2 amide bonds. The molecule has 0 bridgehead atoms. The number of rotatable bonds is 3. The molecule has 2 fully saturated rings. The van der Waals surface area contributed by atoms with Crippen LogP contribution in [0.1, 0.15) is 40.5 Å². The number of piperazine rings is 1. The highest BCUT2D eigenvalue weighted by molar-refractivity contribution is 6.36. The van der Waals surface area contributed by atoms with Gasteiger partial charge in [-0.3, -0.25) is 9.59 Å². The summed E-state index contributed by atoms with van der Waals surface area (Å²) in [5.41, 5.74) is -1.02. The highest BCUT2D eigenvalue weighted by Gasteiger charge is 2.39. The number of aromatic hydroxyl groups is 1. The maximum absolute atomic E-state index is 14.2. The molecule has 7 nitrogen and oxygen atoms in total. The number of anilines is 1. The van der Waals surface area contributed by atoms with E-state index in [1.807, 2.05) is 0 Å². The van der Waals surface area contributed by atoms with Crippen LogP contribution in [-0.2, 0) is 11.0 Å². The Labute approximate surface area is 195 Å². The zero-order valence-electron chi connectivity index (χ0n) is 17.4. The van der Waals surface area contributed by atoms with Crippen LogP contribution in [0.4, 0.5) is 23.2 Å². The normalized spacial score (nSPS) is 17.0. The molecule has 178 valence electrons. The van der Waals surface area contributed by atoms with Crippen molar-refractivity contribution in [2.45, 2.75) is 24.9 Å². The molecule has 2 aromatic heterocycles. The van der Waals surface area contributed by atoms with Crippen molar-refractivity contribution in [3.63, 3.8) is 0 Å². The molecule has 1 aliphatic carbocycles. The molecular weight excluding hydrogens is 480 g/mol. The van der Waals surface area contributed by atoms with Gasteiger partial charge in [0.15, 0.2) is 11.5 Å². The molecule has 2 aliphatic rings. The number of phenols is 1. The monoisotopic (exact) mass is 496 g/mol. The fraction of sp³-hybridized carbons (Fsp3) is 0.318. The maximum atomic E-state index is 14.2. The highest BCUT2D eigenvalue weighted by Crippen LogP contribution is 2.43. The summed E-state index contributed by atoms with van der Waals surface area (Å²) < 4.78 is 55.9. The molecular formula is C22H17ClF4N4O3. The molecule has 1 N–H and O–H groups in total. The van der Waals surface area contributed by atoms with Gasteiger partial charge in [0, 0.05) is 19.2 Å². The average Bonchev–Trinajstić information content (AvgIpc) is 3.56. The molecule has 34 heavy (non-hydrogen) atoms. The van der Waals surface area contributed by atoms with Crippen molar-refractivity contribution in [3.05, 3.63) is 58.1 Å². The Kier molecular flexibility index (Phi) is 5.19. The second-order valence-corrected chi connectivity index (χ2v) is 8.69. The summed E-state index contributed by atoms with van der Waals surface area (Å²) in [6.07, 6.45) is -3.16. The number of alkyl halides is 3. The molecule has 1 saturated heterocycles. The maximum Gasteiger partial charge on any atom is 0.433 e. The Balaban J connectivity index is 1.45. The van der Waals surface area contributed by atoms with Gasteiger partial charge >= 0.3 is 6.18 Å². The van der Waals surface area contributed by atoms with Gasteiger partial charge in [-0.25, -0.2) is 8.91 Å². The molecule has 1 aliphatic heterocycles. The highest BCUT2D eigenvalue weighted by atomic mass is 35.5. The van der Waals surface area contributed by atoms with Crippen LogP contribution < -0.4 is 4.90 Å². The van der Waals surface area contributed by atoms with E-state index in [0.29, 0.717) is 10.1 Å². The van der Waals surface area contributed by atoms with Crippen LogP contribution in [0.3, 0.4) is 0 Å². The number of nitrogens with zero attached hydrogens (tertiary/aromatic N) is 4. The first-order valence-corrected chi connectivity index (χ1v) is 10.8. The molecule has 5 rings (SSSR count). The Morgan fingerprint density at radius 3 is 2.50 bits per heavy atom. The predicted octanol–water partition coefficient (Wildman–Crippen LogP) is 4.22. The van der Waals surface area contributed by atoms with Crippen LogP contribution in [-0.4, -0.2) is 51.1 Å². The Morgan fingerprint density at radius 1 is 1.15 bits per heavy atom. The second kappa shape index (κ2) is 7.86. The van der Waals surface area contributed by atoms with Crippen molar-refractivity contribution < 1.29 is 32.3 Å². The standard InChI is InChI=1S/C22H17ClF4N4O3/c23-19-16-7-12(11-1-2-11)8-17(22(25,26)27)31(16)28-20(19)21(34)29-5-6-30(18(33)10-29)15-4-3-13(32)9-14(15)24/h3-4,7-9,11,32H,1-2,5-6,10H2. The van der Waals surface area contributed by atoms with E-state index in [0.717, 1.165) is 34.8 Å². The number of halogens is 5. The Bertz CT molecular complexity index is 1340. The first-order chi connectivity index (χ1) is 16.0. The summed E-state index contributed by atoms with van der Waals surface area (Å²) in [6.45, 7) is -0.520. The first kappa shape index (κ1) is 22.5. The van der Waals surface area contributed by atoms with Gasteiger partial charge in [0.05, 0.1) is 16.2 Å². The van der Waals surface area contributed by atoms with Gasteiger partial charge in [-0.05, 0) is 48.6 Å². The van der Waals surface area contributed by atoms with Gasteiger partial charge in [-0.15, -0.1) is 0 Å². The van der Waals surface area contributed by atoms with Gasteiger partial charge in [-0.1, -0.05) is 11.6 Å². The predicted molar refractivity (Wildman–Crippen MR) is 114 cm³/mol. The molecule has 1 aromatic carbocycles. The van der Waals surface area contributed by atoms with Gasteiger partial charge < -0.3 is 14.9 Å². The Hall–Kier alpha value is -3.34. The minimum absolute atomic E-state index is 0.0159. The third kappa shape index (κ3) is 3.83. The van der Waals surface area contributed by atoms with E-state index in [-0.39, 0.29) is 41.0 Å². The van der Waals surface area contributed by atoms with Crippen molar-refractivity contribution >= 4 is 34.6 Å². The minimum atomic E-state index is -4.71. The van der Waals surface area contributed by atoms with Crippen LogP contribution in [0.5, 0.6) is 5.75 Å². The average molecular weight is 497 g/mol. The summed E-state index contributed by atoms with van der Waals surface area (Å²) in [7, 11) is 0. The van der Waals surface area contributed by atoms with Crippen LogP contribution >= 0.6 is 11.6 Å². The van der Waals surface area contributed by atoms with E-state index in [1.54, 1.807) is 0 Å². The number of aromatic nitrogens is 2. The lowest BCUT2D eigenvalue weighted by atomic mass is 10.1. The van der Waals surface area contributed by atoms with Crippen molar-refractivity contribution in [2.24, 2.45) is 0 Å². The molecule has 0 radical (unpaired) electrons. The Morgan fingerprint density at radius 2 is 1.88 bits per heavy atom. The zero-order chi connectivity index (χ0) is 24.4. The summed E-state index contributed by atoms with van der Waals surface area (Å²) in [5, 5.41) is 13.0. The molecule has 0 spiro atoms. The number of hydrogen-bond donors (Lipinski definition) is 1. The van der Waals surface area contributed by atoms with Crippen molar-refractivity contribution in [1.29, 1.82) is 0 Å². The molecule has 1 saturated carbocycles. The number of carbonyl (C=O) groups is 2. The van der Waals surface area contributed by atoms with Gasteiger partial charge in [0.1, 0.15) is 18.0 Å². The third-order valence-corrected chi connectivity index (χ3v) is 6.34. The van der Waals surface area contributed by atoms with Crippen LogP contribution in [0.25, 0.3) is 5.52 Å². The molecule has 12 heteroatoms. The minimum Gasteiger partial charge on any atom is -0.508 e. The van der Waals surface area contributed by atoms with Gasteiger partial charge in [-0.2, -0.15) is 18.3 Å². The van der Waals surface area contributed by atoms with E-state index in [1.165, 1.54) is 18.2 Å². The van der Waals surface area contributed by atoms with Gasteiger partial charge in [0.25, 0.3) is 5.91 Å². The van der Waals surface area contributed by atoms with Crippen molar-refractivity contribution in [1.82, 2.24) is 14.5 Å². The van der Waals surface area contributed by atoms with Gasteiger partial charge in [0.2, 0.25) is 5.91 Å². The van der Waals surface area contributed by atoms with Crippen LogP contribution in [0.2, 0.25) is 5.02 Å². The zero-order valence-corrected chi connectivity index (χ0v) is 18.2. The summed E-state index contributed by atoms with van der Waals surface area (Å²) >= 11 is 6.32. The number of hydrogen-bond acceptors (Lipinski definition) is 4. The number of benzene rings is 1. The van der Waals surface area contributed by atoms with E-state index in [4.69, 9.17) is 11.6 Å². The summed E-state index contributed by atoms with van der Waals surface area (Å²) in [6, 6.07) is 5.88. The fourth-order valence-electron chi connectivity index (χ4n) is 4.10. The lowest BCUT2D eigenvalue weighted by Gasteiger charge is -2.34. The fourth-order valence-corrected chi connectivity index (χ4v) is 4.35.